The molecule has 1 spiro atoms. The van der Waals surface area contributed by atoms with Crippen LogP contribution in [0.1, 0.15) is 36.5 Å². The first-order chi connectivity index (χ1) is 14.1. The van der Waals surface area contributed by atoms with Gasteiger partial charge in [0.2, 0.25) is 0 Å². The first-order valence-corrected chi connectivity index (χ1v) is 10.6. The summed E-state index contributed by atoms with van der Waals surface area (Å²) in [6, 6.07) is 15.0. The van der Waals surface area contributed by atoms with Crippen molar-refractivity contribution in [2.24, 2.45) is 4.99 Å². The second kappa shape index (κ2) is 7.11. The van der Waals surface area contributed by atoms with Gasteiger partial charge in [-0.1, -0.05) is 42.5 Å². The zero-order valence-corrected chi connectivity index (χ0v) is 17.0. The minimum Gasteiger partial charge on any atom is -0.365 e. The number of allylic oxidation sites excluding steroid dienone is 1. The van der Waals surface area contributed by atoms with Crippen molar-refractivity contribution in [1.29, 1.82) is 0 Å². The monoisotopic (exact) mass is 408 g/mol. The van der Waals surface area contributed by atoms with E-state index in [1.54, 1.807) is 25.1 Å². The number of halogens is 1. The van der Waals surface area contributed by atoms with Gasteiger partial charge in [-0.25, -0.2) is 4.39 Å². The van der Waals surface area contributed by atoms with Gasteiger partial charge in [0.15, 0.2) is 5.17 Å². The first-order valence-electron chi connectivity index (χ1n) is 9.81. The first kappa shape index (κ1) is 18.6. The lowest BCUT2D eigenvalue weighted by molar-refractivity contribution is -0.113. The van der Waals surface area contributed by atoms with Crippen molar-refractivity contribution in [1.82, 2.24) is 4.90 Å². The van der Waals surface area contributed by atoms with E-state index >= 15 is 0 Å². The third kappa shape index (κ3) is 3.11. The van der Waals surface area contributed by atoms with Crippen molar-refractivity contribution in [2.75, 3.05) is 13.1 Å². The number of hydrogen-bond donors (Lipinski definition) is 0. The molecule has 4 nitrogen and oxygen atoms in total. The van der Waals surface area contributed by atoms with Crippen LogP contribution in [0, 0.1) is 5.82 Å². The molecule has 148 valence electrons. The Hall–Kier alpha value is -2.44. The standard InChI is InChI=1S/C23H21FN2O2S/c1-15(17-7-3-5-9-19(17)24)20-21(27)25-22(29-20)26-12-10-23(11-13-26)18-8-4-2-6-16(18)14-28-23/h2-9H,10-14H2,1H3/b20-15-. The summed E-state index contributed by atoms with van der Waals surface area (Å²) in [5.41, 5.74) is 3.44. The number of carbonyl (C=O) groups is 1. The second-order valence-corrected chi connectivity index (χ2v) is 8.64. The molecule has 0 bridgehead atoms. The van der Waals surface area contributed by atoms with E-state index in [4.69, 9.17) is 4.74 Å². The van der Waals surface area contributed by atoms with Crippen molar-refractivity contribution in [3.63, 3.8) is 0 Å². The molecular weight excluding hydrogens is 387 g/mol. The maximum Gasteiger partial charge on any atom is 0.286 e. The molecule has 1 saturated heterocycles. The Balaban J connectivity index is 1.33. The molecule has 6 heteroatoms. The summed E-state index contributed by atoms with van der Waals surface area (Å²) in [6.07, 6.45) is 1.73. The van der Waals surface area contributed by atoms with Crippen molar-refractivity contribution in [3.05, 3.63) is 75.9 Å². The van der Waals surface area contributed by atoms with Gasteiger partial charge in [0, 0.05) is 18.7 Å². The molecule has 0 saturated carbocycles. The van der Waals surface area contributed by atoms with Gasteiger partial charge in [-0.3, -0.25) is 4.79 Å². The summed E-state index contributed by atoms with van der Waals surface area (Å²) < 4.78 is 20.4. The number of fused-ring (bicyclic) bond motifs is 2. The van der Waals surface area contributed by atoms with Gasteiger partial charge in [0.1, 0.15) is 5.82 Å². The summed E-state index contributed by atoms with van der Waals surface area (Å²) >= 11 is 1.35. The number of amides is 1. The van der Waals surface area contributed by atoms with E-state index in [-0.39, 0.29) is 17.3 Å². The van der Waals surface area contributed by atoms with Gasteiger partial charge >= 0.3 is 0 Å². The summed E-state index contributed by atoms with van der Waals surface area (Å²) in [4.78, 5) is 19.5. The maximum atomic E-state index is 14.1. The van der Waals surface area contributed by atoms with E-state index in [1.165, 1.54) is 29.0 Å². The molecule has 0 unspecified atom stereocenters. The zero-order valence-electron chi connectivity index (χ0n) is 16.2. The largest absolute Gasteiger partial charge is 0.365 e. The number of thioether (sulfide) groups is 1. The highest BCUT2D eigenvalue weighted by molar-refractivity contribution is 8.18. The number of piperidine rings is 1. The number of rotatable bonds is 1. The van der Waals surface area contributed by atoms with Gasteiger partial charge in [-0.2, -0.15) is 4.99 Å². The van der Waals surface area contributed by atoms with Crippen molar-refractivity contribution in [2.45, 2.75) is 32.0 Å². The molecule has 0 aromatic heterocycles. The average molecular weight is 408 g/mol. The summed E-state index contributed by atoms with van der Waals surface area (Å²) in [5, 5.41) is 0.710. The van der Waals surface area contributed by atoms with Gasteiger partial charge in [-0.05, 0) is 54.3 Å². The van der Waals surface area contributed by atoms with Crippen LogP contribution in [0.15, 0.2) is 58.4 Å². The van der Waals surface area contributed by atoms with Crippen LogP contribution in [0.2, 0.25) is 0 Å². The smallest absolute Gasteiger partial charge is 0.286 e. The zero-order chi connectivity index (χ0) is 20.0. The third-order valence-corrected chi connectivity index (χ3v) is 7.27. The van der Waals surface area contributed by atoms with Crippen LogP contribution in [0.3, 0.4) is 0 Å². The number of hydrogen-bond acceptors (Lipinski definition) is 4. The number of nitrogens with zero attached hydrogens (tertiary/aromatic N) is 2. The minimum atomic E-state index is -0.323. The molecule has 2 aromatic rings. The van der Waals surface area contributed by atoms with Crippen LogP contribution >= 0.6 is 11.8 Å². The van der Waals surface area contributed by atoms with Crippen LogP contribution < -0.4 is 0 Å². The van der Waals surface area contributed by atoms with Crippen LogP contribution in [0.25, 0.3) is 5.57 Å². The van der Waals surface area contributed by atoms with Gasteiger partial charge < -0.3 is 9.64 Å². The van der Waals surface area contributed by atoms with Crippen LogP contribution in [0.4, 0.5) is 4.39 Å². The maximum absolute atomic E-state index is 14.1. The Morgan fingerprint density at radius 3 is 2.66 bits per heavy atom. The predicted molar refractivity (Wildman–Crippen MR) is 113 cm³/mol. The highest BCUT2D eigenvalue weighted by Crippen LogP contribution is 2.45. The van der Waals surface area contributed by atoms with E-state index in [0.29, 0.717) is 27.8 Å². The molecule has 5 rings (SSSR count). The molecular formula is C23H21FN2O2S. The third-order valence-electron chi connectivity index (χ3n) is 6.06. The van der Waals surface area contributed by atoms with Crippen molar-refractivity contribution >= 4 is 28.4 Å². The molecule has 3 heterocycles. The molecule has 0 N–H and O–H groups in total. The molecule has 0 radical (unpaired) electrons. The molecule has 0 aliphatic carbocycles. The lowest BCUT2D eigenvalue weighted by Gasteiger charge is -2.39. The Bertz CT molecular complexity index is 1050. The molecule has 29 heavy (non-hydrogen) atoms. The number of amidine groups is 1. The van der Waals surface area contributed by atoms with Crippen LogP contribution in [-0.4, -0.2) is 29.1 Å². The molecule has 3 aliphatic rings. The molecule has 1 fully saturated rings. The summed E-state index contributed by atoms with van der Waals surface area (Å²) in [7, 11) is 0. The van der Waals surface area contributed by atoms with Gasteiger partial charge in [-0.15, -0.1) is 0 Å². The van der Waals surface area contributed by atoms with E-state index in [2.05, 4.69) is 34.2 Å². The Kier molecular flexibility index (Phi) is 4.56. The SMILES string of the molecule is C/C(=C1/SC(N2CCC3(CC2)OCc2ccccc23)=NC1=O)c1ccccc1F. The Morgan fingerprint density at radius 2 is 1.86 bits per heavy atom. The molecule has 2 aromatic carbocycles. The van der Waals surface area contributed by atoms with Crippen LogP contribution in [0.5, 0.6) is 0 Å². The average Bonchev–Trinajstić information content (AvgIpc) is 3.30. The minimum absolute atomic E-state index is 0.220. The fourth-order valence-electron chi connectivity index (χ4n) is 4.41. The fraction of sp³-hybridized carbons (Fsp3) is 0.304. The number of carbonyl (C=O) groups excluding carboxylic acids is 1. The van der Waals surface area contributed by atoms with E-state index < -0.39 is 0 Å². The summed E-state index contributed by atoms with van der Waals surface area (Å²) in [5.74, 6) is -0.607. The number of benzene rings is 2. The number of ether oxygens (including phenoxy) is 1. The highest BCUT2D eigenvalue weighted by Gasteiger charge is 2.43. The van der Waals surface area contributed by atoms with Crippen molar-refractivity contribution < 1.29 is 13.9 Å². The summed E-state index contributed by atoms with van der Waals surface area (Å²) in [6.45, 7) is 4.00. The van der Waals surface area contributed by atoms with Crippen LogP contribution in [-0.2, 0) is 21.7 Å². The van der Waals surface area contributed by atoms with E-state index in [9.17, 15) is 9.18 Å². The van der Waals surface area contributed by atoms with E-state index in [0.717, 1.165) is 25.9 Å². The second-order valence-electron chi connectivity index (χ2n) is 7.66. The van der Waals surface area contributed by atoms with E-state index in [1.807, 2.05) is 0 Å². The number of aliphatic imine (C=N–C) groups is 1. The molecule has 0 atom stereocenters. The van der Waals surface area contributed by atoms with Crippen molar-refractivity contribution in [3.8, 4) is 0 Å². The quantitative estimate of drug-likeness (QED) is 0.641. The highest BCUT2D eigenvalue weighted by atomic mass is 32.2. The van der Waals surface area contributed by atoms with Gasteiger partial charge in [0.05, 0.1) is 17.1 Å². The predicted octanol–water partition coefficient (Wildman–Crippen LogP) is 4.71. The normalized spacial score (nSPS) is 22.1. The topological polar surface area (TPSA) is 41.9 Å². The molecule has 3 aliphatic heterocycles. The van der Waals surface area contributed by atoms with Gasteiger partial charge in [0.25, 0.3) is 5.91 Å². The lowest BCUT2D eigenvalue weighted by Crippen LogP contribution is -2.44. The Labute approximate surface area is 173 Å². The fourth-order valence-corrected chi connectivity index (χ4v) is 5.43. The lowest BCUT2D eigenvalue weighted by atomic mass is 9.84. The Morgan fingerprint density at radius 1 is 1.14 bits per heavy atom. The number of likely N-dealkylation sites (tertiary alicyclic amines) is 1. The molecule has 1 amide bonds.